The predicted octanol–water partition coefficient (Wildman–Crippen LogP) is 3.06. The van der Waals surface area contributed by atoms with Gasteiger partial charge in [0.25, 0.3) is 0 Å². The van der Waals surface area contributed by atoms with Gasteiger partial charge in [-0.05, 0) is 50.0 Å². The molecule has 0 heterocycles. The number of sulfonamides is 1. The normalized spacial score (nSPS) is 13.3. The molecule has 2 aromatic rings. The van der Waals surface area contributed by atoms with Crippen LogP contribution >= 0.6 is 11.6 Å². The van der Waals surface area contributed by atoms with Gasteiger partial charge in [-0.1, -0.05) is 29.8 Å². The number of nitrogens with zero attached hydrogens (tertiary/aromatic N) is 1. The molecular weight excluding hydrogens is 339 g/mol. The van der Waals surface area contributed by atoms with E-state index in [4.69, 9.17) is 11.6 Å². The van der Waals surface area contributed by atoms with Crippen molar-refractivity contribution < 1.29 is 12.8 Å². The third kappa shape index (κ3) is 4.75. The Morgan fingerprint density at radius 2 is 1.83 bits per heavy atom. The van der Waals surface area contributed by atoms with Gasteiger partial charge >= 0.3 is 0 Å². The molecule has 0 fully saturated rings. The third-order valence-corrected chi connectivity index (χ3v) is 5.11. The van der Waals surface area contributed by atoms with Crippen LogP contribution < -0.4 is 4.72 Å². The van der Waals surface area contributed by atoms with E-state index in [2.05, 4.69) is 4.72 Å². The molecule has 0 saturated carbocycles. The maximum absolute atomic E-state index is 13.0. The number of benzene rings is 2. The summed E-state index contributed by atoms with van der Waals surface area (Å²) in [6.07, 6.45) is 0. The topological polar surface area (TPSA) is 49.4 Å². The summed E-state index contributed by atoms with van der Waals surface area (Å²) in [4.78, 5) is 1.98. The molecular formula is C16H18ClFN2O2S. The maximum atomic E-state index is 13.0. The lowest BCUT2D eigenvalue weighted by Crippen LogP contribution is -2.34. The predicted molar refractivity (Wildman–Crippen MR) is 89.5 cm³/mol. The number of hydrogen-bond donors (Lipinski definition) is 1. The first-order chi connectivity index (χ1) is 10.8. The highest BCUT2D eigenvalue weighted by Gasteiger charge is 2.20. The second kappa shape index (κ2) is 7.40. The molecule has 0 amide bonds. The molecule has 0 spiro atoms. The first-order valence-electron chi connectivity index (χ1n) is 6.97. The summed E-state index contributed by atoms with van der Waals surface area (Å²) in [7, 11) is 0.00734. The average molecular weight is 357 g/mol. The van der Waals surface area contributed by atoms with Crippen molar-refractivity contribution in [1.82, 2.24) is 9.62 Å². The van der Waals surface area contributed by atoms with Crippen molar-refractivity contribution in [2.45, 2.75) is 10.9 Å². The second-order valence-corrected chi connectivity index (χ2v) is 7.54. The maximum Gasteiger partial charge on any atom is 0.240 e. The molecule has 124 valence electrons. The summed E-state index contributed by atoms with van der Waals surface area (Å²) < 4.78 is 40.3. The first-order valence-corrected chi connectivity index (χ1v) is 8.83. The number of hydrogen-bond acceptors (Lipinski definition) is 3. The van der Waals surface area contributed by atoms with Crippen LogP contribution in [0.2, 0.25) is 5.02 Å². The molecule has 1 atom stereocenters. The van der Waals surface area contributed by atoms with E-state index >= 15 is 0 Å². The Morgan fingerprint density at radius 1 is 1.17 bits per heavy atom. The van der Waals surface area contributed by atoms with Crippen molar-refractivity contribution in [3.8, 4) is 0 Å². The minimum atomic E-state index is -3.66. The van der Waals surface area contributed by atoms with E-state index in [1.165, 1.54) is 24.3 Å². The van der Waals surface area contributed by atoms with E-state index in [0.717, 1.165) is 5.56 Å². The van der Waals surface area contributed by atoms with E-state index in [1.54, 1.807) is 24.3 Å². The van der Waals surface area contributed by atoms with Gasteiger partial charge in [-0.15, -0.1) is 0 Å². The van der Waals surface area contributed by atoms with Gasteiger partial charge < -0.3 is 4.90 Å². The Bertz CT molecular complexity index is 764. The molecule has 23 heavy (non-hydrogen) atoms. The molecule has 7 heteroatoms. The van der Waals surface area contributed by atoms with Gasteiger partial charge in [0.05, 0.1) is 4.90 Å². The highest BCUT2D eigenvalue weighted by atomic mass is 35.5. The standard InChI is InChI=1S/C16H18ClFN2O2S/c1-20(2)16(12-6-8-14(18)9-7-12)11-19-23(21,22)15-5-3-4-13(17)10-15/h3-10,16,19H,11H2,1-2H3/t16-/m1/s1. The molecule has 0 saturated heterocycles. The zero-order valence-corrected chi connectivity index (χ0v) is 14.4. The van der Waals surface area contributed by atoms with Crippen molar-refractivity contribution >= 4 is 21.6 Å². The average Bonchev–Trinajstić information content (AvgIpc) is 2.49. The second-order valence-electron chi connectivity index (χ2n) is 5.34. The summed E-state index contributed by atoms with van der Waals surface area (Å²) in [5.74, 6) is -0.328. The zero-order chi connectivity index (χ0) is 17.0. The molecule has 2 rings (SSSR count). The van der Waals surface area contributed by atoms with Crippen LogP contribution in [-0.4, -0.2) is 34.0 Å². The highest BCUT2D eigenvalue weighted by Crippen LogP contribution is 2.20. The molecule has 0 aliphatic rings. The number of rotatable bonds is 6. The van der Waals surface area contributed by atoms with Crippen molar-refractivity contribution in [2.24, 2.45) is 0 Å². The van der Waals surface area contributed by atoms with Crippen molar-refractivity contribution in [3.05, 3.63) is 64.9 Å². The highest BCUT2D eigenvalue weighted by molar-refractivity contribution is 7.89. The van der Waals surface area contributed by atoms with Gasteiger partial charge in [0.1, 0.15) is 5.82 Å². The Labute approximate surface area is 140 Å². The SMILES string of the molecule is CN(C)[C@H](CNS(=O)(=O)c1cccc(Cl)c1)c1ccc(F)cc1. The minimum absolute atomic E-state index is 0.113. The fraction of sp³-hybridized carbons (Fsp3) is 0.250. The molecule has 0 aliphatic heterocycles. The van der Waals surface area contributed by atoms with Gasteiger partial charge in [0.15, 0.2) is 0 Å². The van der Waals surface area contributed by atoms with Crippen LogP contribution in [0.1, 0.15) is 11.6 Å². The first kappa shape index (κ1) is 17.9. The number of nitrogens with one attached hydrogen (secondary N) is 1. The van der Waals surface area contributed by atoms with Gasteiger partial charge in [-0.3, -0.25) is 0 Å². The van der Waals surface area contributed by atoms with Crippen LogP contribution in [0.5, 0.6) is 0 Å². The summed E-state index contributed by atoms with van der Waals surface area (Å²) >= 11 is 5.84. The Kier molecular flexibility index (Phi) is 5.75. The van der Waals surface area contributed by atoms with E-state index in [1.807, 2.05) is 19.0 Å². The molecule has 2 aromatic carbocycles. The van der Waals surface area contributed by atoms with E-state index in [-0.39, 0.29) is 23.3 Å². The quantitative estimate of drug-likeness (QED) is 0.865. The number of likely N-dealkylation sites (N-methyl/N-ethyl adjacent to an activating group) is 1. The molecule has 1 N–H and O–H groups in total. The smallest absolute Gasteiger partial charge is 0.240 e. The Balaban J connectivity index is 2.17. The van der Waals surface area contributed by atoms with Gasteiger partial charge in [0, 0.05) is 17.6 Å². The molecule has 0 unspecified atom stereocenters. The zero-order valence-electron chi connectivity index (χ0n) is 12.8. The summed E-state index contributed by atoms with van der Waals surface area (Å²) in [5, 5.41) is 0.357. The Morgan fingerprint density at radius 3 is 2.39 bits per heavy atom. The van der Waals surface area contributed by atoms with Gasteiger partial charge in [-0.2, -0.15) is 0 Å². The lowest BCUT2D eigenvalue weighted by Gasteiger charge is -2.25. The van der Waals surface area contributed by atoms with Crippen LogP contribution in [0, 0.1) is 5.82 Å². The van der Waals surface area contributed by atoms with Gasteiger partial charge in [0.2, 0.25) is 10.0 Å². The molecule has 0 aliphatic carbocycles. The van der Waals surface area contributed by atoms with Crippen LogP contribution in [-0.2, 0) is 10.0 Å². The van der Waals surface area contributed by atoms with Gasteiger partial charge in [-0.25, -0.2) is 17.5 Å². The summed E-state index contributed by atoms with van der Waals surface area (Å²) in [5.41, 5.74) is 0.824. The summed E-state index contributed by atoms with van der Waals surface area (Å²) in [6.45, 7) is 0.160. The van der Waals surface area contributed by atoms with E-state index in [9.17, 15) is 12.8 Å². The van der Waals surface area contributed by atoms with Crippen LogP contribution in [0.4, 0.5) is 4.39 Å². The fourth-order valence-corrected chi connectivity index (χ4v) is 3.53. The lowest BCUT2D eigenvalue weighted by atomic mass is 10.1. The lowest BCUT2D eigenvalue weighted by molar-refractivity contribution is 0.299. The van der Waals surface area contributed by atoms with Crippen molar-refractivity contribution in [2.75, 3.05) is 20.6 Å². The van der Waals surface area contributed by atoms with Crippen LogP contribution in [0.25, 0.3) is 0 Å². The van der Waals surface area contributed by atoms with E-state index in [0.29, 0.717) is 5.02 Å². The molecule has 0 bridgehead atoms. The largest absolute Gasteiger partial charge is 0.301 e. The molecule has 4 nitrogen and oxygen atoms in total. The summed E-state index contributed by atoms with van der Waals surface area (Å²) in [6, 6.07) is 11.9. The number of halogens is 2. The van der Waals surface area contributed by atoms with E-state index < -0.39 is 10.0 Å². The van der Waals surface area contributed by atoms with Crippen LogP contribution in [0.3, 0.4) is 0 Å². The fourth-order valence-electron chi connectivity index (χ4n) is 2.19. The Hall–Kier alpha value is -1.47. The third-order valence-electron chi connectivity index (χ3n) is 3.45. The minimum Gasteiger partial charge on any atom is -0.301 e. The molecule has 0 radical (unpaired) electrons. The van der Waals surface area contributed by atoms with Crippen LogP contribution in [0.15, 0.2) is 53.4 Å². The van der Waals surface area contributed by atoms with Crippen molar-refractivity contribution in [1.29, 1.82) is 0 Å². The monoisotopic (exact) mass is 356 g/mol. The van der Waals surface area contributed by atoms with Crippen molar-refractivity contribution in [3.63, 3.8) is 0 Å². The molecule has 0 aromatic heterocycles.